The molecule has 0 aliphatic rings. The van der Waals surface area contributed by atoms with E-state index in [4.69, 9.17) is 0 Å². The Balaban J connectivity index is 3.52. The molecule has 2 N–H and O–H groups in total. The summed E-state index contributed by atoms with van der Waals surface area (Å²) in [5.41, 5.74) is 0. The number of nitrogens with one attached hydrogen (secondary N) is 2. The van der Waals surface area contributed by atoms with Crippen LogP contribution in [0.15, 0.2) is 0 Å². The van der Waals surface area contributed by atoms with E-state index in [-0.39, 0.29) is 5.91 Å². The first kappa shape index (κ1) is 12.4. The number of carbonyl (C=O) groups excluding carboxylic acids is 1. The van der Waals surface area contributed by atoms with Gasteiger partial charge in [-0.15, -0.1) is 0 Å². The fourth-order valence-electron chi connectivity index (χ4n) is 1.30. The zero-order valence-corrected chi connectivity index (χ0v) is 9.02. The summed E-state index contributed by atoms with van der Waals surface area (Å²) < 4.78 is 0. The summed E-state index contributed by atoms with van der Waals surface area (Å²) in [6, 6.07) is 0.493. The summed E-state index contributed by atoms with van der Waals surface area (Å²) in [7, 11) is 0. The molecule has 0 rings (SSSR count). The minimum atomic E-state index is 0.0945. The van der Waals surface area contributed by atoms with Crippen molar-refractivity contribution >= 4 is 5.91 Å². The maximum Gasteiger partial charge on any atom is 0.233 e. The number of amides is 1. The molecule has 0 fully saturated rings. The lowest BCUT2D eigenvalue weighted by Crippen LogP contribution is -2.38. The van der Waals surface area contributed by atoms with Gasteiger partial charge in [0, 0.05) is 12.6 Å². The molecule has 0 heterocycles. The van der Waals surface area contributed by atoms with Crippen LogP contribution in [0.1, 0.15) is 40.0 Å². The zero-order valence-electron chi connectivity index (χ0n) is 9.02. The Morgan fingerprint density at radius 1 is 1.31 bits per heavy atom. The standard InChI is InChI=1S/C10H22N2O/c1-4-7-9(5-2)12-8-10(13)11-6-3/h9,12H,4-8H2,1-3H3,(H,11,13). The van der Waals surface area contributed by atoms with E-state index in [1.54, 1.807) is 0 Å². The number of hydrogen-bond donors (Lipinski definition) is 2. The van der Waals surface area contributed by atoms with Gasteiger partial charge < -0.3 is 10.6 Å². The highest BCUT2D eigenvalue weighted by Gasteiger charge is 2.05. The van der Waals surface area contributed by atoms with Crippen molar-refractivity contribution in [2.24, 2.45) is 0 Å². The van der Waals surface area contributed by atoms with Crippen LogP contribution in [0.5, 0.6) is 0 Å². The lowest BCUT2D eigenvalue weighted by molar-refractivity contribution is -0.120. The number of carbonyl (C=O) groups is 1. The van der Waals surface area contributed by atoms with Crippen molar-refractivity contribution in [1.29, 1.82) is 0 Å². The Bertz CT molecular complexity index is 137. The van der Waals surface area contributed by atoms with E-state index in [1.807, 2.05) is 6.92 Å². The molecule has 0 bridgehead atoms. The van der Waals surface area contributed by atoms with Gasteiger partial charge in [0.2, 0.25) is 5.91 Å². The van der Waals surface area contributed by atoms with Gasteiger partial charge in [0.25, 0.3) is 0 Å². The second kappa shape index (κ2) is 8.05. The molecule has 3 nitrogen and oxygen atoms in total. The van der Waals surface area contributed by atoms with Crippen molar-refractivity contribution in [2.45, 2.75) is 46.1 Å². The van der Waals surface area contributed by atoms with E-state index in [0.29, 0.717) is 19.1 Å². The Labute approximate surface area is 81.3 Å². The van der Waals surface area contributed by atoms with Crippen molar-refractivity contribution in [2.75, 3.05) is 13.1 Å². The molecule has 3 heteroatoms. The summed E-state index contributed by atoms with van der Waals surface area (Å²) >= 11 is 0. The molecule has 78 valence electrons. The topological polar surface area (TPSA) is 41.1 Å². The molecule has 0 aromatic rings. The van der Waals surface area contributed by atoms with E-state index < -0.39 is 0 Å². The molecule has 0 aliphatic heterocycles. The molecule has 13 heavy (non-hydrogen) atoms. The molecule has 0 spiro atoms. The van der Waals surface area contributed by atoms with Gasteiger partial charge in [-0.2, -0.15) is 0 Å². The van der Waals surface area contributed by atoms with Gasteiger partial charge in [-0.05, 0) is 19.8 Å². The van der Waals surface area contributed by atoms with Crippen LogP contribution >= 0.6 is 0 Å². The number of hydrogen-bond acceptors (Lipinski definition) is 2. The van der Waals surface area contributed by atoms with Crippen LogP contribution in [0.4, 0.5) is 0 Å². The highest BCUT2D eigenvalue weighted by molar-refractivity contribution is 5.77. The van der Waals surface area contributed by atoms with Gasteiger partial charge in [-0.25, -0.2) is 0 Å². The fraction of sp³-hybridized carbons (Fsp3) is 0.900. The van der Waals surface area contributed by atoms with Crippen LogP contribution < -0.4 is 10.6 Å². The highest BCUT2D eigenvalue weighted by Crippen LogP contribution is 1.99. The van der Waals surface area contributed by atoms with Crippen LogP contribution in [0.3, 0.4) is 0 Å². The normalized spacial score (nSPS) is 12.5. The molecule has 0 aliphatic carbocycles. The first-order valence-corrected chi connectivity index (χ1v) is 5.24. The monoisotopic (exact) mass is 186 g/mol. The predicted molar refractivity (Wildman–Crippen MR) is 55.7 cm³/mol. The quantitative estimate of drug-likeness (QED) is 0.629. The maximum absolute atomic E-state index is 11.1. The van der Waals surface area contributed by atoms with E-state index in [0.717, 1.165) is 12.8 Å². The van der Waals surface area contributed by atoms with Crippen molar-refractivity contribution in [1.82, 2.24) is 10.6 Å². The minimum absolute atomic E-state index is 0.0945. The molecule has 1 amide bonds. The molecular formula is C10H22N2O. The summed E-state index contributed by atoms with van der Waals surface area (Å²) in [6.45, 7) is 7.40. The second-order valence-electron chi connectivity index (χ2n) is 3.23. The number of rotatable bonds is 7. The van der Waals surface area contributed by atoms with Crippen molar-refractivity contribution in [3.8, 4) is 0 Å². The number of likely N-dealkylation sites (N-methyl/N-ethyl adjacent to an activating group) is 1. The molecule has 1 atom stereocenters. The summed E-state index contributed by atoms with van der Waals surface area (Å²) in [5.74, 6) is 0.0945. The van der Waals surface area contributed by atoms with E-state index in [1.165, 1.54) is 6.42 Å². The van der Waals surface area contributed by atoms with Crippen LogP contribution in [0, 0.1) is 0 Å². The van der Waals surface area contributed by atoms with Gasteiger partial charge in [0.1, 0.15) is 0 Å². The Kier molecular flexibility index (Phi) is 7.69. The predicted octanol–water partition coefficient (Wildman–Crippen LogP) is 1.29. The van der Waals surface area contributed by atoms with Crippen LogP contribution in [-0.4, -0.2) is 25.0 Å². The maximum atomic E-state index is 11.1. The Hall–Kier alpha value is -0.570. The summed E-state index contributed by atoms with van der Waals surface area (Å²) in [4.78, 5) is 11.1. The molecule has 0 aromatic carbocycles. The van der Waals surface area contributed by atoms with Crippen molar-refractivity contribution in [3.05, 3.63) is 0 Å². The molecule has 0 aromatic heterocycles. The third kappa shape index (κ3) is 6.58. The fourth-order valence-corrected chi connectivity index (χ4v) is 1.30. The van der Waals surface area contributed by atoms with Gasteiger partial charge in [-0.3, -0.25) is 4.79 Å². The van der Waals surface area contributed by atoms with Crippen LogP contribution in [0.25, 0.3) is 0 Å². The van der Waals surface area contributed by atoms with Gasteiger partial charge in [-0.1, -0.05) is 20.3 Å². The van der Waals surface area contributed by atoms with Crippen LogP contribution in [0.2, 0.25) is 0 Å². The van der Waals surface area contributed by atoms with E-state index in [9.17, 15) is 4.79 Å². The van der Waals surface area contributed by atoms with E-state index in [2.05, 4.69) is 24.5 Å². The van der Waals surface area contributed by atoms with Crippen LogP contribution in [-0.2, 0) is 4.79 Å². The SMILES string of the molecule is CCCC(CC)NCC(=O)NCC. The Morgan fingerprint density at radius 2 is 2.00 bits per heavy atom. The molecule has 0 saturated carbocycles. The largest absolute Gasteiger partial charge is 0.355 e. The summed E-state index contributed by atoms with van der Waals surface area (Å²) in [5, 5.41) is 6.01. The molecule has 0 radical (unpaired) electrons. The third-order valence-electron chi connectivity index (χ3n) is 2.06. The third-order valence-corrected chi connectivity index (χ3v) is 2.06. The zero-order chi connectivity index (χ0) is 10.1. The highest BCUT2D eigenvalue weighted by atomic mass is 16.1. The van der Waals surface area contributed by atoms with Gasteiger partial charge >= 0.3 is 0 Å². The first-order chi connectivity index (χ1) is 6.24. The lowest BCUT2D eigenvalue weighted by atomic mass is 10.1. The van der Waals surface area contributed by atoms with Gasteiger partial charge in [0.05, 0.1) is 6.54 Å². The average Bonchev–Trinajstić information content (AvgIpc) is 2.12. The lowest BCUT2D eigenvalue weighted by Gasteiger charge is -2.15. The molecule has 1 unspecified atom stereocenters. The summed E-state index contributed by atoms with van der Waals surface area (Å²) in [6.07, 6.45) is 3.41. The van der Waals surface area contributed by atoms with E-state index >= 15 is 0 Å². The van der Waals surface area contributed by atoms with Gasteiger partial charge in [0.15, 0.2) is 0 Å². The molecular weight excluding hydrogens is 164 g/mol. The minimum Gasteiger partial charge on any atom is -0.355 e. The smallest absolute Gasteiger partial charge is 0.233 e. The second-order valence-corrected chi connectivity index (χ2v) is 3.23. The molecule has 0 saturated heterocycles. The average molecular weight is 186 g/mol. The first-order valence-electron chi connectivity index (χ1n) is 5.24. The van der Waals surface area contributed by atoms with Crippen molar-refractivity contribution in [3.63, 3.8) is 0 Å². The van der Waals surface area contributed by atoms with Crippen molar-refractivity contribution < 1.29 is 4.79 Å². The Morgan fingerprint density at radius 3 is 2.46 bits per heavy atom.